The predicted octanol–water partition coefficient (Wildman–Crippen LogP) is 2.90. The topological polar surface area (TPSA) is 49.4 Å². The standard InChI is InChI=1S/C19H24N2O2S/c22-24(23,16-17-8-2-1-3-9-17)20-14-18-10-4-5-11-19(18)15-21-12-6-7-13-21/h1-5,8-11,20H,6-7,12-16H2. The lowest BCUT2D eigenvalue weighted by Crippen LogP contribution is -2.26. The molecular formula is C19H24N2O2S. The summed E-state index contributed by atoms with van der Waals surface area (Å²) in [5.41, 5.74) is 3.07. The molecule has 1 aliphatic heterocycles. The maximum atomic E-state index is 12.3. The maximum absolute atomic E-state index is 12.3. The molecule has 128 valence electrons. The molecule has 0 spiro atoms. The molecular weight excluding hydrogens is 320 g/mol. The smallest absolute Gasteiger partial charge is 0.216 e. The van der Waals surface area contributed by atoms with Crippen LogP contribution in [0.3, 0.4) is 0 Å². The van der Waals surface area contributed by atoms with Gasteiger partial charge in [-0.1, -0.05) is 54.6 Å². The van der Waals surface area contributed by atoms with Crippen LogP contribution in [0, 0.1) is 0 Å². The van der Waals surface area contributed by atoms with Crippen LogP contribution in [0.4, 0.5) is 0 Å². The molecule has 2 aromatic rings. The lowest BCUT2D eigenvalue weighted by molar-refractivity contribution is 0.330. The van der Waals surface area contributed by atoms with E-state index in [1.807, 2.05) is 48.5 Å². The second-order valence-electron chi connectivity index (χ2n) is 6.32. The summed E-state index contributed by atoms with van der Waals surface area (Å²) in [6.07, 6.45) is 2.51. The molecule has 0 aromatic heterocycles. The van der Waals surface area contributed by atoms with E-state index in [4.69, 9.17) is 0 Å². The van der Waals surface area contributed by atoms with Crippen molar-refractivity contribution in [3.05, 3.63) is 71.3 Å². The Labute approximate surface area is 144 Å². The van der Waals surface area contributed by atoms with Gasteiger partial charge in [0.1, 0.15) is 0 Å². The van der Waals surface area contributed by atoms with Gasteiger partial charge in [-0.3, -0.25) is 4.90 Å². The SMILES string of the molecule is O=S(=O)(Cc1ccccc1)NCc1ccccc1CN1CCCC1. The number of sulfonamides is 1. The molecule has 4 nitrogen and oxygen atoms in total. The molecule has 0 bridgehead atoms. The Balaban J connectivity index is 1.63. The molecule has 3 rings (SSSR count). The summed E-state index contributed by atoms with van der Waals surface area (Å²) in [5, 5.41) is 0. The first kappa shape index (κ1) is 17.1. The fraction of sp³-hybridized carbons (Fsp3) is 0.368. The third-order valence-electron chi connectivity index (χ3n) is 4.39. The van der Waals surface area contributed by atoms with E-state index < -0.39 is 10.0 Å². The summed E-state index contributed by atoms with van der Waals surface area (Å²) in [5.74, 6) is 0.0160. The van der Waals surface area contributed by atoms with Gasteiger partial charge in [0.2, 0.25) is 10.0 Å². The van der Waals surface area contributed by atoms with Crippen LogP contribution < -0.4 is 4.72 Å². The van der Waals surface area contributed by atoms with E-state index in [9.17, 15) is 8.42 Å². The third-order valence-corrected chi connectivity index (χ3v) is 5.69. The van der Waals surface area contributed by atoms with E-state index in [2.05, 4.69) is 15.7 Å². The van der Waals surface area contributed by atoms with Crippen molar-refractivity contribution in [2.75, 3.05) is 13.1 Å². The molecule has 0 aliphatic carbocycles. The molecule has 0 saturated carbocycles. The van der Waals surface area contributed by atoms with Crippen molar-refractivity contribution in [1.82, 2.24) is 9.62 Å². The van der Waals surface area contributed by atoms with E-state index in [0.29, 0.717) is 6.54 Å². The van der Waals surface area contributed by atoms with Crippen LogP contribution in [-0.4, -0.2) is 26.4 Å². The van der Waals surface area contributed by atoms with Crippen molar-refractivity contribution in [2.24, 2.45) is 0 Å². The molecule has 1 N–H and O–H groups in total. The van der Waals surface area contributed by atoms with Crippen molar-refractivity contribution < 1.29 is 8.42 Å². The molecule has 0 radical (unpaired) electrons. The highest BCUT2D eigenvalue weighted by atomic mass is 32.2. The summed E-state index contributed by atoms with van der Waals surface area (Å²) in [4.78, 5) is 2.43. The molecule has 24 heavy (non-hydrogen) atoms. The van der Waals surface area contributed by atoms with Gasteiger partial charge in [0.25, 0.3) is 0 Å². The van der Waals surface area contributed by atoms with E-state index in [1.54, 1.807) is 0 Å². The Hall–Kier alpha value is -1.69. The highest BCUT2D eigenvalue weighted by molar-refractivity contribution is 7.88. The second-order valence-corrected chi connectivity index (χ2v) is 8.12. The van der Waals surface area contributed by atoms with Crippen molar-refractivity contribution >= 4 is 10.0 Å². The summed E-state index contributed by atoms with van der Waals surface area (Å²) in [6, 6.07) is 17.4. The number of rotatable bonds is 7. The van der Waals surface area contributed by atoms with Gasteiger partial charge >= 0.3 is 0 Å². The van der Waals surface area contributed by atoms with Crippen molar-refractivity contribution in [1.29, 1.82) is 0 Å². The van der Waals surface area contributed by atoms with Crippen LogP contribution in [-0.2, 0) is 28.9 Å². The first-order valence-corrected chi connectivity index (χ1v) is 10.1. The van der Waals surface area contributed by atoms with Crippen LogP contribution >= 0.6 is 0 Å². The summed E-state index contributed by atoms with van der Waals surface area (Å²) in [7, 11) is -3.34. The highest BCUT2D eigenvalue weighted by Crippen LogP contribution is 2.16. The molecule has 0 unspecified atom stereocenters. The largest absolute Gasteiger partial charge is 0.299 e. The molecule has 1 heterocycles. The number of nitrogens with zero attached hydrogens (tertiary/aromatic N) is 1. The van der Waals surface area contributed by atoms with Gasteiger partial charge in [0, 0.05) is 13.1 Å². The minimum Gasteiger partial charge on any atom is -0.299 e. The quantitative estimate of drug-likeness (QED) is 0.840. The molecule has 2 aromatic carbocycles. The first-order valence-electron chi connectivity index (χ1n) is 8.43. The molecule has 0 amide bonds. The zero-order valence-electron chi connectivity index (χ0n) is 13.8. The highest BCUT2D eigenvalue weighted by Gasteiger charge is 2.15. The zero-order valence-corrected chi connectivity index (χ0v) is 14.6. The number of hydrogen-bond acceptors (Lipinski definition) is 3. The second kappa shape index (κ2) is 7.92. The molecule has 1 aliphatic rings. The monoisotopic (exact) mass is 344 g/mol. The lowest BCUT2D eigenvalue weighted by Gasteiger charge is -2.17. The van der Waals surface area contributed by atoms with Crippen LogP contribution in [0.2, 0.25) is 0 Å². The average Bonchev–Trinajstić information content (AvgIpc) is 3.08. The molecule has 1 saturated heterocycles. The average molecular weight is 344 g/mol. The van der Waals surface area contributed by atoms with Gasteiger partial charge in [-0.2, -0.15) is 0 Å². The minimum atomic E-state index is -3.34. The number of likely N-dealkylation sites (tertiary alicyclic amines) is 1. The van der Waals surface area contributed by atoms with Gasteiger partial charge in [0.05, 0.1) is 5.75 Å². The number of hydrogen-bond donors (Lipinski definition) is 1. The molecule has 0 atom stereocenters. The van der Waals surface area contributed by atoms with Crippen molar-refractivity contribution in [3.63, 3.8) is 0 Å². The van der Waals surface area contributed by atoms with Crippen molar-refractivity contribution in [3.8, 4) is 0 Å². The van der Waals surface area contributed by atoms with E-state index in [-0.39, 0.29) is 5.75 Å². The zero-order chi connectivity index (χ0) is 16.8. The van der Waals surface area contributed by atoms with Crippen LogP contribution in [0.25, 0.3) is 0 Å². The van der Waals surface area contributed by atoms with Crippen LogP contribution in [0.1, 0.15) is 29.5 Å². The Kier molecular flexibility index (Phi) is 5.66. The summed E-state index contributed by atoms with van der Waals surface area (Å²) in [6.45, 7) is 3.51. The first-order chi connectivity index (χ1) is 11.6. The lowest BCUT2D eigenvalue weighted by atomic mass is 10.1. The summed E-state index contributed by atoms with van der Waals surface area (Å²) >= 11 is 0. The number of benzene rings is 2. The van der Waals surface area contributed by atoms with E-state index >= 15 is 0 Å². The van der Waals surface area contributed by atoms with E-state index in [0.717, 1.165) is 30.8 Å². The van der Waals surface area contributed by atoms with Crippen LogP contribution in [0.15, 0.2) is 54.6 Å². The Morgan fingerprint density at radius 2 is 1.50 bits per heavy atom. The maximum Gasteiger partial charge on any atom is 0.216 e. The van der Waals surface area contributed by atoms with Gasteiger partial charge < -0.3 is 0 Å². The van der Waals surface area contributed by atoms with E-state index in [1.165, 1.54) is 18.4 Å². The van der Waals surface area contributed by atoms with Gasteiger partial charge in [-0.25, -0.2) is 13.1 Å². The predicted molar refractivity (Wildman–Crippen MR) is 96.9 cm³/mol. The normalized spacial score (nSPS) is 15.7. The fourth-order valence-corrected chi connectivity index (χ4v) is 4.21. The Morgan fingerprint density at radius 3 is 2.21 bits per heavy atom. The number of nitrogens with one attached hydrogen (secondary N) is 1. The van der Waals surface area contributed by atoms with Crippen LogP contribution in [0.5, 0.6) is 0 Å². The Bertz CT molecular complexity index is 754. The van der Waals surface area contributed by atoms with Gasteiger partial charge in [-0.05, 0) is 42.6 Å². The molecule has 5 heteroatoms. The molecule has 1 fully saturated rings. The van der Waals surface area contributed by atoms with Gasteiger partial charge in [0.15, 0.2) is 0 Å². The minimum absolute atomic E-state index is 0.0160. The Morgan fingerprint density at radius 1 is 0.875 bits per heavy atom. The summed E-state index contributed by atoms with van der Waals surface area (Å²) < 4.78 is 27.4. The van der Waals surface area contributed by atoms with Gasteiger partial charge in [-0.15, -0.1) is 0 Å². The fourth-order valence-electron chi connectivity index (χ4n) is 3.10. The third kappa shape index (κ3) is 4.90. The van der Waals surface area contributed by atoms with Crippen molar-refractivity contribution in [2.45, 2.75) is 31.7 Å².